The summed E-state index contributed by atoms with van der Waals surface area (Å²) in [4.78, 5) is 2.33. The van der Waals surface area contributed by atoms with E-state index in [-0.39, 0.29) is 0 Å². The van der Waals surface area contributed by atoms with E-state index in [2.05, 4.69) is 47.3 Å². The summed E-state index contributed by atoms with van der Waals surface area (Å²) in [5.41, 5.74) is 2.73. The van der Waals surface area contributed by atoms with Crippen LogP contribution in [0.3, 0.4) is 0 Å². The molecule has 1 aliphatic rings. The molecule has 2 heteroatoms. The highest BCUT2D eigenvalue weighted by Gasteiger charge is 2.19. The zero-order chi connectivity index (χ0) is 12.1. The third-order valence-electron chi connectivity index (χ3n) is 3.39. The number of nitrogens with zero attached hydrogens (tertiary/aromatic N) is 1. The smallest absolute Gasteiger partial charge is 0.0598 e. The number of hydrogen-bond donors (Lipinski definition) is 1. The molecule has 1 heterocycles. The van der Waals surface area contributed by atoms with Crippen molar-refractivity contribution >= 4 is 5.69 Å². The molecule has 1 atom stereocenters. The van der Waals surface area contributed by atoms with E-state index >= 15 is 0 Å². The predicted molar refractivity (Wildman–Crippen MR) is 73.1 cm³/mol. The summed E-state index contributed by atoms with van der Waals surface area (Å²) < 4.78 is 0. The van der Waals surface area contributed by atoms with Gasteiger partial charge in [-0.1, -0.05) is 31.0 Å². The topological polar surface area (TPSA) is 15.3 Å². The van der Waals surface area contributed by atoms with Crippen LogP contribution in [0.2, 0.25) is 0 Å². The molecule has 17 heavy (non-hydrogen) atoms. The van der Waals surface area contributed by atoms with Crippen LogP contribution in [-0.2, 0) is 6.42 Å². The molecule has 90 valence electrons. The summed E-state index contributed by atoms with van der Waals surface area (Å²) in [5, 5.41) is 3.51. The quantitative estimate of drug-likeness (QED) is 0.795. The maximum Gasteiger partial charge on any atom is 0.0598 e. The van der Waals surface area contributed by atoms with Gasteiger partial charge >= 0.3 is 0 Å². The predicted octanol–water partition coefficient (Wildman–Crippen LogP) is 2.23. The first kappa shape index (κ1) is 12.0. The lowest BCUT2D eigenvalue weighted by atomic mass is 9.93. The lowest BCUT2D eigenvalue weighted by molar-refractivity contribution is 0.269. The van der Waals surface area contributed by atoms with E-state index in [1.807, 2.05) is 0 Å². The second-order valence-electron chi connectivity index (χ2n) is 4.64. The normalized spacial score (nSPS) is 18.3. The first-order valence-electron chi connectivity index (χ1n) is 6.31. The SMILES string of the molecule is C#CCN(CC)CC1CNc2ccccc2C1. The fourth-order valence-corrected chi connectivity index (χ4v) is 2.44. The Balaban J connectivity index is 1.96. The molecular weight excluding hydrogens is 208 g/mol. The molecule has 0 spiro atoms. The Morgan fingerprint density at radius 1 is 1.47 bits per heavy atom. The van der Waals surface area contributed by atoms with Crippen molar-refractivity contribution in [3.8, 4) is 12.3 Å². The first-order chi connectivity index (χ1) is 8.33. The van der Waals surface area contributed by atoms with Gasteiger partial charge in [0.25, 0.3) is 0 Å². The Morgan fingerprint density at radius 3 is 3.06 bits per heavy atom. The number of hydrogen-bond acceptors (Lipinski definition) is 2. The van der Waals surface area contributed by atoms with Gasteiger partial charge in [-0.15, -0.1) is 6.42 Å². The zero-order valence-electron chi connectivity index (χ0n) is 10.4. The molecule has 0 saturated heterocycles. The maximum atomic E-state index is 5.38. The molecule has 2 nitrogen and oxygen atoms in total. The molecule has 0 amide bonds. The number of benzene rings is 1. The van der Waals surface area contributed by atoms with E-state index < -0.39 is 0 Å². The number of anilines is 1. The molecule has 1 aliphatic heterocycles. The Morgan fingerprint density at radius 2 is 2.29 bits per heavy atom. The van der Waals surface area contributed by atoms with Crippen molar-refractivity contribution in [1.82, 2.24) is 4.90 Å². The number of nitrogens with one attached hydrogen (secondary N) is 1. The fourth-order valence-electron chi connectivity index (χ4n) is 2.44. The third-order valence-corrected chi connectivity index (χ3v) is 3.39. The minimum atomic E-state index is 0.665. The molecule has 0 radical (unpaired) electrons. The molecule has 1 N–H and O–H groups in total. The number of para-hydroxylation sites is 1. The van der Waals surface area contributed by atoms with E-state index in [1.165, 1.54) is 11.3 Å². The molecule has 0 aliphatic carbocycles. The van der Waals surface area contributed by atoms with Gasteiger partial charge in [0.05, 0.1) is 6.54 Å². The Bertz CT molecular complexity index is 406. The van der Waals surface area contributed by atoms with Gasteiger partial charge < -0.3 is 5.32 Å². The molecule has 2 rings (SSSR count). The van der Waals surface area contributed by atoms with Crippen molar-refractivity contribution in [2.45, 2.75) is 13.3 Å². The fraction of sp³-hybridized carbons (Fsp3) is 0.467. The zero-order valence-corrected chi connectivity index (χ0v) is 10.4. The number of terminal acetylenes is 1. The summed E-state index contributed by atoms with van der Waals surface area (Å²) in [6.07, 6.45) is 6.54. The minimum Gasteiger partial charge on any atom is -0.384 e. The van der Waals surface area contributed by atoms with Crippen LogP contribution >= 0.6 is 0 Å². The average Bonchev–Trinajstić information content (AvgIpc) is 2.38. The molecule has 1 aromatic carbocycles. The van der Waals surface area contributed by atoms with Crippen LogP contribution in [0.5, 0.6) is 0 Å². The van der Waals surface area contributed by atoms with Gasteiger partial charge in [-0.3, -0.25) is 4.90 Å². The van der Waals surface area contributed by atoms with Gasteiger partial charge in [-0.25, -0.2) is 0 Å². The van der Waals surface area contributed by atoms with Crippen molar-refractivity contribution in [3.05, 3.63) is 29.8 Å². The summed E-state index contributed by atoms with van der Waals surface area (Å²) >= 11 is 0. The highest BCUT2D eigenvalue weighted by atomic mass is 15.1. The largest absolute Gasteiger partial charge is 0.384 e. The Labute approximate surface area is 104 Å². The van der Waals surface area contributed by atoms with Crippen molar-refractivity contribution in [2.24, 2.45) is 5.92 Å². The maximum absolute atomic E-state index is 5.38. The van der Waals surface area contributed by atoms with E-state index in [1.54, 1.807) is 0 Å². The standard InChI is InChI=1S/C15H20N2/c1-3-9-17(4-2)12-13-10-14-7-5-6-8-15(14)16-11-13/h1,5-8,13,16H,4,9-12H2,2H3. The highest BCUT2D eigenvalue weighted by molar-refractivity contribution is 5.53. The van der Waals surface area contributed by atoms with Gasteiger partial charge in [0.1, 0.15) is 0 Å². The number of rotatable bonds is 4. The van der Waals surface area contributed by atoms with E-state index in [4.69, 9.17) is 6.42 Å². The third kappa shape index (κ3) is 3.01. The second kappa shape index (κ2) is 5.75. The minimum absolute atomic E-state index is 0.665. The summed E-state index contributed by atoms with van der Waals surface area (Å²) in [5.74, 6) is 3.40. The summed E-state index contributed by atoms with van der Waals surface area (Å²) in [6.45, 7) is 6.10. The first-order valence-corrected chi connectivity index (χ1v) is 6.31. The van der Waals surface area contributed by atoms with Gasteiger partial charge in [0.2, 0.25) is 0 Å². The van der Waals surface area contributed by atoms with Crippen molar-refractivity contribution < 1.29 is 0 Å². The molecule has 0 aromatic heterocycles. The Kier molecular flexibility index (Phi) is 4.06. The van der Waals surface area contributed by atoms with E-state index in [9.17, 15) is 0 Å². The lowest BCUT2D eigenvalue weighted by Crippen LogP contribution is -2.36. The van der Waals surface area contributed by atoms with Crippen molar-refractivity contribution in [3.63, 3.8) is 0 Å². The second-order valence-corrected chi connectivity index (χ2v) is 4.64. The van der Waals surface area contributed by atoms with Crippen LogP contribution in [0.25, 0.3) is 0 Å². The van der Waals surface area contributed by atoms with Gasteiger partial charge in [-0.05, 0) is 30.5 Å². The monoisotopic (exact) mass is 228 g/mol. The summed E-state index contributed by atoms with van der Waals surface area (Å²) in [7, 11) is 0. The lowest BCUT2D eigenvalue weighted by Gasteiger charge is -2.30. The van der Waals surface area contributed by atoms with Crippen LogP contribution in [-0.4, -0.2) is 31.1 Å². The highest BCUT2D eigenvalue weighted by Crippen LogP contribution is 2.24. The average molecular weight is 228 g/mol. The molecule has 0 saturated carbocycles. The molecule has 0 fully saturated rings. The van der Waals surface area contributed by atoms with Crippen LogP contribution in [0.1, 0.15) is 12.5 Å². The van der Waals surface area contributed by atoms with Crippen molar-refractivity contribution in [2.75, 3.05) is 31.5 Å². The van der Waals surface area contributed by atoms with Gasteiger partial charge in [-0.2, -0.15) is 0 Å². The molecule has 0 bridgehead atoms. The van der Waals surface area contributed by atoms with E-state index in [0.29, 0.717) is 5.92 Å². The molecule has 1 unspecified atom stereocenters. The summed E-state index contributed by atoms with van der Waals surface area (Å²) in [6, 6.07) is 8.57. The van der Waals surface area contributed by atoms with Gasteiger partial charge in [0, 0.05) is 18.8 Å². The van der Waals surface area contributed by atoms with E-state index in [0.717, 1.165) is 32.6 Å². The number of fused-ring (bicyclic) bond motifs is 1. The van der Waals surface area contributed by atoms with Crippen LogP contribution < -0.4 is 5.32 Å². The van der Waals surface area contributed by atoms with Crippen molar-refractivity contribution in [1.29, 1.82) is 0 Å². The molecule has 1 aromatic rings. The Hall–Kier alpha value is -1.46. The van der Waals surface area contributed by atoms with Gasteiger partial charge in [0.15, 0.2) is 0 Å². The van der Waals surface area contributed by atoms with Crippen LogP contribution in [0, 0.1) is 18.3 Å². The van der Waals surface area contributed by atoms with Crippen LogP contribution in [0.15, 0.2) is 24.3 Å². The molecular formula is C15H20N2. The van der Waals surface area contributed by atoms with Crippen LogP contribution in [0.4, 0.5) is 5.69 Å².